The van der Waals surface area contributed by atoms with Crippen LogP contribution < -0.4 is 5.32 Å². The maximum Gasteiger partial charge on any atom is 0.248 e. The minimum absolute atomic E-state index is 0.180. The average molecular weight is 255 g/mol. The second kappa shape index (κ2) is 8.52. The van der Waals surface area contributed by atoms with Crippen molar-refractivity contribution in [1.29, 1.82) is 0 Å². The van der Waals surface area contributed by atoms with E-state index in [-0.39, 0.29) is 5.91 Å². The summed E-state index contributed by atoms with van der Waals surface area (Å²) in [6.07, 6.45) is 8.05. The molecule has 0 aromatic heterocycles. The molecule has 0 bridgehead atoms. The van der Waals surface area contributed by atoms with Gasteiger partial charge in [-0.05, 0) is 31.1 Å². The molecule has 1 rings (SSSR count). The zero-order chi connectivity index (χ0) is 13.4. The molecule has 0 unspecified atom stereocenters. The molecule has 0 aliphatic heterocycles. The lowest BCUT2D eigenvalue weighted by Gasteiger charge is -2.28. The summed E-state index contributed by atoms with van der Waals surface area (Å²) < 4.78 is 0. The number of aliphatic hydroxyl groups is 1. The van der Waals surface area contributed by atoms with Crippen molar-refractivity contribution in [2.75, 3.05) is 6.54 Å². The second-order valence-corrected chi connectivity index (χ2v) is 5.70. The van der Waals surface area contributed by atoms with Gasteiger partial charge in [-0.3, -0.25) is 4.79 Å². The summed E-state index contributed by atoms with van der Waals surface area (Å²) in [5, 5.41) is 12.6. The highest BCUT2D eigenvalue weighted by molar-refractivity contribution is 5.80. The van der Waals surface area contributed by atoms with Gasteiger partial charge in [0.05, 0.1) is 0 Å². The highest BCUT2D eigenvalue weighted by Crippen LogP contribution is 2.30. The normalized spacial score (nSPS) is 25.7. The average Bonchev–Trinajstić information content (AvgIpc) is 2.42. The van der Waals surface area contributed by atoms with E-state index in [4.69, 9.17) is 0 Å². The van der Waals surface area contributed by atoms with Crippen molar-refractivity contribution in [2.24, 2.45) is 11.8 Å². The van der Waals surface area contributed by atoms with Crippen LogP contribution in [0.2, 0.25) is 0 Å². The molecule has 0 aromatic carbocycles. The van der Waals surface area contributed by atoms with E-state index in [2.05, 4.69) is 19.2 Å². The van der Waals surface area contributed by atoms with E-state index in [9.17, 15) is 9.90 Å². The molecule has 3 heteroatoms. The molecule has 2 N–H and O–H groups in total. The van der Waals surface area contributed by atoms with E-state index < -0.39 is 6.10 Å². The highest BCUT2D eigenvalue weighted by atomic mass is 16.3. The Labute approximate surface area is 111 Å². The van der Waals surface area contributed by atoms with Gasteiger partial charge in [0.25, 0.3) is 0 Å². The fraction of sp³-hybridized carbons (Fsp3) is 0.933. The number of aliphatic hydroxyl groups excluding tert-OH is 1. The minimum atomic E-state index is -0.808. The van der Waals surface area contributed by atoms with Crippen molar-refractivity contribution in [3.8, 4) is 0 Å². The number of carbonyl (C=O) groups excluding carboxylic acids is 1. The third-order valence-corrected chi connectivity index (χ3v) is 4.24. The molecule has 1 aliphatic carbocycles. The molecule has 0 heterocycles. The lowest BCUT2D eigenvalue weighted by molar-refractivity contribution is -0.129. The van der Waals surface area contributed by atoms with Crippen molar-refractivity contribution in [1.82, 2.24) is 5.32 Å². The van der Waals surface area contributed by atoms with Crippen LogP contribution in [0.3, 0.4) is 0 Å². The van der Waals surface area contributed by atoms with E-state index in [1.807, 2.05) is 0 Å². The van der Waals surface area contributed by atoms with Crippen LogP contribution in [0.25, 0.3) is 0 Å². The largest absolute Gasteiger partial charge is 0.383 e. The number of rotatable bonds is 7. The topological polar surface area (TPSA) is 49.3 Å². The molecule has 0 saturated heterocycles. The molecule has 0 aromatic rings. The maximum atomic E-state index is 11.7. The predicted molar refractivity (Wildman–Crippen MR) is 74.3 cm³/mol. The van der Waals surface area contributed by atoms with Crippen LogP contribution in [0.4, 0.5) is 0 Å². The minimum Gasteiger partial charge on any atom is -0.383 e. The Morgan fingerprint density at radius 2 is 1.83 bits per heavy atom. The predicted octanol–water partition coefficient (Wildman–Crippen LogP) is 2.87. The number of carbonyl (C=O) groups is 1. The Morgan fingerprint density at radius 3 is 2.39 bits per heavy atom. The molecule has 1 atom stereocenters. The third-order valence-electron chi connectivity index (χ3n) is 4.24. The van der Waals surface area contributed by atoms with Gasteiger partial charge in [-0.1, -0.05) is 46.0 Å². The SMILES string of the molecule is CCCC[C@@H](O)C(=O)NCC1CCC(CC)CC1. The Bertz CT molecular complexity index is 235. The number of amides is 1. The molecule has 1 saturated carbocycles. The third kappa shape index (κ3) is 5.38. The number of nitrogens with one attached hydrogen (secondary N) is 1. The first-order chi connectivity index (χ1) is 8.67. The Morgan fingerprint density at radius 1 is 1.22 bits per heavy atom. The van der Waals surface area contributed by atoms with Crippen LogP contribution in [0, 0.1) is 11.8 Å². The van der Waals surface area contributed by atoms with E-state index in [0.29, 0.717) is 12.3 Å². The summed E-state index contributed by atoms with van der Waals surface area (Å²) >= 11 is 0. The first-order valence-electron chi connectivity index (χ1n) is 7.63. The van der Waals surface area contributed by atoms with Crippen molar-refractivity contribution in [2.45, 2.75) is 71.3 Å². The molecule has 18 heavy (non-hydrogen) atoms. The van der Waals surface area contributed by atoms with E-state index in [0.717, 1.165) is 25.3 Å². The molecule has 0 spiro atoms. The van der Waals surface area contributed by atoms with Gasteiger partial charge < -0.3 is 10.4 Å². The number of unbranched alkanes of at least 4 members (excludes halogenated alkanes) is 1. The molecule has 1 fully saturated rings. The van der Waals surface area contributed by atoms with E-state index in [1.165, 1.54) is 32.1 Å². The van der Waals surface area contributed by atoms with E-state index in [1.54, 1.807) is 0 Å². The summed E-state index contributed by atoms with van der Waals surface area (Å²) in [4.78, 5) is 11.7. The molecular weight excluding hydrogens is 226 g/mol. The number of hydrogen-bond acceptors (Lipinski definition) is 2. The van der Waals surface area contributed by atoms with E-state index >= 15 is 0 Å². The van der Waals surface area contributed by atoms with Crippen LogP contribution in [0.15, 0.2) is 0 Å². The Balaban J connectivity index is 2.15. The fourth-order valence-electron chi connectivity index (χ4n) is 2.74. The van der Waals surface area contributed by atoms with Gasteiger partial charge in [0.2, 0.25) is 5.91 Å². The Hall–Kier alpha value is -0.570. The standard InChI is InChI=1S/C15H29NO2/c1-3-5-6-14(17)15(18)16-11-13-9-7-12(4-2)8-10-13/h12-14,17H,3-11H2,1-2H3,(H,16,18)/t12?,13?,14-/m1/s1. The maximum absolute atomic E-state index is 11.7. The van der Waals surface area contributed by atoms with Gasteiger partial charge >= 0.3 is 0 Å². The van der Waals surface area contributed by atoms with Gasteiger partial charge in [-0.15, -0.1) is 0 Å². The molecule has 0 radical (unpaired) electrons. The first kappa shape index (κ1) is 15.5. The lowest BCUT2D eigenvalue weighted by atomic mass is 9.81. The van der Waals surface area contributed by atoms with Crippen molar-refractivity contribution >= 4 is 5.91 Å². The first-order valence-corrected chi connectivity index (χ1v) is 7.63. The summed E-state index contributed by atoms with van der Waals surface area (Å²) in [6, 6.07) is 0. The summed E-state index contributed by atoms with van der Waals surface area (Å²) in [5.41, 5.74) is 0. The van der Waals surface area contributed by atoms with Crippen LogP contribution in [-0.4, -0.2) is 23.7 Å². The lowest BCUT2D eigenvalue weighted by Crippen LogP contribution is -2.38. The monoisotopic (exact) mass is 255 g/mol. The van der Waals surface area contributed by atoms with Crippen LogP contribution >= 0.6 is 0 Å². The summed E-state index contributed by atoms with van der Waals surface area (Å²) in [5.74, 6) is 1.34. The van der Waals surface area contributed by atoms with Crippen molar-refractivity contribution in [3.63, 3.8) is 0 Å². The second-order valence-electron chi connectivity index (χ2n) is 5.70. The molecule has 1 aliphatic rings. The van der Waals surface area contributed by atoms with Gasteiger partial charge in [0.15, 0.2) is 0 Å². The van der Waals surface area contributed by atoms with Gasteiger partial charge in [-0.25, -0.2) is 0 Å². The zero-order valence-electron chi connectivity index (χ0n) is 12.0. The van der Waals surface area contributed by atoms with Crippen LogP contribution in [0.5, 0.6) is 0 Å². The quantitative estimate of drug-likeness (QED) is 0.735. The van der Waals surface area contributed by atoms with Gasteiger partial charge in [0, 0.05) is 6.54 Å². The van der Waals surface area contributed by atoms with Crippen LogP contribution in [0.1, 0.15) is 65.2 Å². The molecule has 106 valence electrons. The molecule has 3 nitrogen and oxygen atoms in total. The zero-order valence-corrected chi connectivity index (χ0v) is 12.0. The fourth-order valence-corrected chi connectivity index (χ4v) is 2.74. The van der Waals surface area contributed by atoms with Crippen molar-refractivity contribution < 1.29 is 9.90 Å². The summed E-state index contributed by atoms with van der Waals surface area (Å²) in [6.45, 7) is 5.08. The highest BCUT2D eigenvalue weighted by Gasteiger charge is 2.21. The van der Waals surface area contributed by atoms with Gasteiger partial charge in [-0.2, -0.15) is 0 Å². The molecular formula is C15H29NO2. The van der Waals surface area contributed by atoms with Crippen molar-refractivity contribution in [3.05, 3.63) is 0 Å². The smallest absolute Gasteiger partial charge is 0.248 e. The molecule has 1 amide bonds. The van der Waals surface area contributed by atoms with Crippen LogP contribution in [-0.2, 0) is 4.79 Å². The Kier molecular flexibility index (Phi) is 7.33. The summed E-state index contributed by atoms with van der Waals surface area (Å²) in [7, 11) is 0. The number of hydrogen-bond donors (Lipinski definition) is 2. The van der Waals surface area contributed by atoms with Gasteiger partial charge in [0.1, 0.15) is 6.10 Å².